The molecule has 9 heterocycles. The number of nitrogens with one attached hydrogen (secondary N) is 2. The summed E-state index contributed by atoms with van der Waals surface area (Å²) in [7, 11) is 0. The van der Waals surface area contributed by atoms with E-state index in [1.54, 1.807) is 0 Å². The number of rotatable bonds is 24. The highest BCUT2D eigenvalue weighted by Crippen LogP contribution is 2.43. The van der Waals surface area contributed by atoms with Crippen molar-refractivity contribution in [2.75, 3.05) is 49.7 Å². The molecular weight excluding hydrogens is 913 g/mol. The third-order valence-electron chi connectivity index (χ3n) is 14.0. The number of aromatic amines is 2. The molecule has 0 spiro atoms. The first-order valence-electron chi connectivity index (χ1n) is 26.0. The van der Waals surface area contributed by atoms with Crippen molar-refractivity contribution in [3.05, 3.63) is 90.9 Å². The average molecular weight is 988 g/mol. The normalized spacial score (nSPS) is 16.8. The standard InChI is InChI=1S/C56H74N8S4/c1-5-9-13-17-29-61-37-65-33-49(61)53-41-21-23-43(57-41)54(50-34-66-38-62(50)30-18-14-10-6-2)45-25-27-47(59-45)56(52-36-68-40-64(52)32-20-16-12-8-4)48-28-26-46(60-48)55(44-24-22-42(53)58-44)51-35-67-39-63(51)31-19-15-11-7-3/h21-28,33-36,57,60H,5-20,29-32,37-40H2,1-4H3. The summed E-state index contributed by atoms with van der Waals surface area (Å²) in [6.45, 7) is 13.4. The Hall–Kier alpha value is -3.84. The maximum Gasteiger partial charge on any atom is 0.0752 e. The van der Waals surface area contributed by atoms with Gasteiger partial charge in [-0.2, -0.15) is 0 Å². The van der Waals surface area contributed by atoms with Crippen molar-refractivity contribution in [1.82, 2.24) is 39.5 Å². The largest absolute Gasteiger partial charge is 0.361 e. The lowest BCUT2D eigenvalue weighted by Crippen LogP contribution is -2.20. The highest BCUT2D eigenvalue weighted by atomic mass is 32.2. The summed E-state index contributed by atoms with van der Waals surface area (Å²) in [6, 6.07) is 9.27. The monoisotopic (exact) mass is 986 g/mol. The zero-order chi connectivity index (χ0) is 46.7. The molecule has 2 N–H and O–H groups in total. The Kier molecular flexibility index (Phi) is 17.6. The van der Waals surface area contributed by atoms with Crippen LogP contribution >= 0.6 is 47.0 Å². The van der Waals surface area contributed by atoms with Crippen LogP contribution in [0, 0.1) is 0 Å². The fourth-order valence-corrected chi connectivity index (χ4v) is 14.0. The van der Waals surface area contributed by atoms with Gasteiger partial charge in [0.25, 0.3) is 0 Å². The Morgan fingerprint density at radius 3 is 0.853 bits per heavy atom. The molecule has 68 heavy (non-hydrogen) atoms. The molecule has 0 saturated heterocycles. The first-order valence-corrected chi connectivity index (χ1v) is 30.2. The summed E-state index contributed by atoms with van der Waals surface area (Å²) in [5.41, 5.74) is 18.3. The van der Waals surface area contributed by atoms with Crippen molar-refractivity contribution >= 4 is 116 Å². The summed E-state index contributed by atoms with van der Waals surface area (Å²) >= 11 is 7.64. The SMILES string of the molecule is CCCCCCN1CSC=C1c1c2nc(c(C3=CSCN3CCCCCC)c3ccc([nH]3)c(C3=CSCN3CCCCCC)c3nc(c(C4=CSCN4CCCCCC)c4ccc1[nH]4)C=C3)C=C2. The van der Waals surface area contributed by atoms with Crippen LogP contribution in [-0.2, 0) is 0 Å². The molecule has 0 atom stereocenters. The van der Waals surface area contributed by atoms with E-state index >= 15 is 0 Å². The molecule has 0 aliphatic carbocycles. The second-order valence-corrected chi connectivity index (χ2v) is 22.3. The lowest BCUT2D eigenvalue weighted by molar-refractivity contribution is 0.442. The number of hydrogen-bond acceptors (Lipinski definition) is 10. The minimum Gasteiger partial charge on any atom is -0.361 e. The minimum atomic E-state index is 0.963. The second kappa shape index (κ2) is 24.3. The van der Waals surface area contributed by atoms with Gasteiger partial charge in [0, 0.05) is 48.4 Å². The maximum absolute atomic E-state index is 5.73. The highest BCUT2D eigenvalue weighted by molar-refractivity contribution is 8.03. The smallest absolute Gasteiger partial charge is 0.0752 e. The van der Waals surface area contributed by atoms with Crippen LogP contribution in [-0.4, -0.2) is 89.2 Å². The highest BCUT2D eigenvalue weighted by Gasteiger charge is 2.29. The third kappa shape index (κ3) is 11.2. The van der Waals surface area contributed by atoms with Gasteiger partial charge in [0.2, 0.25) is 0 Å². The summed E-state index contributed by atoms with van der Waals surface area (Å²) in [5.74, 6) is 3.85. The number of nitrogens with zero attached hydrogens (tertiary/aromatic N) is 6. The van der Waals surface area contributed by atoms with Crippen LogP contribution in [0.2, 0.25) is 0 Å². The lowest BCUT2D eigenvalue weighted by Gasteiger charge is -2.23. The van der Waals surface area contributed by atoms with Crippen molar-refractivity contribution in [2.45, 2.75) is 130 Å². The van der Waals surface area contributed by atoms with Crippen LogP contribution in [0.25, 0.3) is 69.2 Å². The van der Waals surface area contributed by atoms with E-state index in [1.165, 1.54) is 148 Å². The van der Waals surface area contributed by atoms with Gasteiger partial charge in [-0.1, -0.05) is 105 Å². The fourth-order valence-electron chi connectivity index (χ4n) is 10.2. The van der Waals surface area contributed by atoms with Crippen molar-refractivity contribution in [3.8, 4) is 0 Å². The second-order valence-electron chi connectivity index (χ2n) is 19.0. The van der Waals surface area contributed by atoms with Crippen LogP contribution in [0.1, 0.15) is 175 Å². The molecule has 0 radical (unpaired) electrons. The number of aromatic nitrogens is 4. The van der Waals surface area contributed by atoms with Gasteiger partial charge < -0.3 is 29.6 Å². The van der Waals surface area contributed by atoms with Crippen molar-refractivity contribution in [1.29, 1.82) is 0 Å². The number of hydrogen-bond donors (Lipinski definition) is 2. The van der Waals surface area contributed by atoms with E-state index in [4.69, 9.17) is 9.97 Å². The molecule has 8 nitrogen and oxygen atoms in total. The zero-order valence-electron chi connectivity index (χ0n) is 41.2. The summed E-state index contributed by atoms with van der Waals surface area (Å²) < 4.78 is 0. The maximum atomic E-state index is 5.73. The quantitative estimate of drug-likeness (QED) is 0.0584. The fraction of sp³-hybridized carbons (Fsp3) is 0.500. The molecule has 6 aliphatic rings. The van der Waals surface area contributed by atoms with Crippen LogP contribution in [0.3, 0.4) is 0 Å². The van der Waals surface area contributed by atoms with Crippen LogP contribution in [0.4, 0.5) is 0 Å². The van der Waals surface area contributed by atoms with Crippen molar-refractivity contribution in [2.24, 2.45) is 0 Å². The van der Waals surface area contributed by atoms with E-state index in [0.717, 1.165) is 94.5 Å². The van der Waals surface area contributed by atoms with E-state index in [-0.39, 0.29) is 0 Å². The van der Waals surface area contributed by atoms with E-state index < -0.39 is 0 Å². The van der Waals surface area contributed by atoms with Gasteiger partial charge >= 0.3 is 0 Å². The van der Waals surface area contributed by atoms with Crippen LogP contribution < -0.4 is 0 Å². The Morgan fingerprint density at radius 2 is 0.618 bits per heavy atom. The molecule has 12 heteroatoms. The predicted molar refractivity (Wildman–Crippen MR) is 304 cm³/mol. The molecule has 9 rings (SSSR count). The Bertz CT molecular complexity index is 2250. The van der Waals surface area contributed by atoms with Crippen molar-refractivity contribution in [3.63, 3.8) is 0 Å². The Labute approximate surface area is 424 Å². The molecule has 0 fully saturated rings. The van der Waals surface area contributed by atoms with Gasteiger partial charge in [0.1, 0.15) is 0 Å². The lowest BCUT2D eigenvalue weighted by atomic mass is 10.1. The molecule has 362 valence electrons. The van der Waals surface area contributed by atoms with Crippen LogP contribution in [0.5, 0.6) is 0 Å². The summed E-state index contributed by atoms with van der Waals surface area (Å²) in [4.78, 5) is 30.0. The Morgan fingerprint density at radius 1 is 0.368 bits per heavy atom. The molecule has 0 unspecified atom stereocenters. The van der Waals surface area contributed by atoms with E-state index in [9.17, 15) is 0 Å². The third-order valence-corrected chi connectivity index (χ3v) is 17.4. The van der Waals surface area contributed by atoms with Gasteiger partial charge in [-0.05, 0) is 95.9 Å². The van der Waals surface area contributed by atoms with E-state index in [1.807, 2.05) is 47.0 Å². The van der Waals surface area contributed by atoms with Gasteiger partial charge in [0.05, 0.1) is 91.1 Å². The first kappa shape index (κ1) is 49.2. The number of thioether (sulfide) groups is 4. The summed E-state index contributed by atoms with van der Waals surface area (Å²) in [5, 5.41) is 9.57. The van der Waals surface area contributed by atoms with E-state index in [2.05, 4.69) is 127 Å². The summed E-state index contributed by atoms with van der Waals surface area (Å²) in [6.07, 6.45) is 29.0. The van der Waals surface area contributed by atoms with Gasteiger partial charge in [-0.3, -0.25) is 0 Å². The molecule has 8 bridgehead atoms. The zero-order valence-corrected chi connectivity index (χ0v) is 44.5. The van der Waals surface area contributed by atoms with Crippen LogP contribution in [0.15, 0.2) is 45.9 Å². The minimum absolute atomic E-state index is 0.963. The van der Waals surface area contributed by atoms with Crippen molar-refractivity contribution < 1.29 is 0 Å². The number of fused-ring (bicyclic) bond motifs is 8. The molecule has 3 aromatic heterocycles. The molecule has 0 aromatic carbocycles. The topological polar surface area (TPSA) is 70.3 Å². The number of unbranched alkanes of at least 4 members (excludes halogenated alkanes) is 12. The van der Waals surface area contributed by atoms with Gasteiger partial charge in [-0.25, -0.2) is 9.97 Å². The average Bonchev–Trinajstić information content (AvgIpc) is 4.20. The van der Waals surface area contributed by atoms with Gasteiger partial charge in [-0.15, -0.1) is 47.0 Å². The molecule has 3 aromatic rings. The number of H-pyrrole nitrogens is 2. The first-order chi connectivity index (χ1) is 33.6. The molecule has 0 saturated carbocycles. The predicted octanol–water partition coefficient (Wildman–Crippen LogP) is 16.2. The van der Waals surface area contributed by atoms with E-state index in [0.29, 0.717) is 0 Å². The van der Waals surface area contributed by atoms with Gasteiger partial charge in [0.15, 0.2) is 0 Å². The Balaban J connectivity index is 1.29. The molecular formula is C56H74N8S4. The molecule has 0 amide bonds. The molecule has 6 aliphatic heterocycles.